The number of hydrogen-bond donors (Lipinski definition) is 2. The molecule has 2 N–H and O–H groups in total. The van der Waals surface area contributed by atoms with Crippen LogP contribution in [0, 0.1) is 0 Å². The maximum absolute atomic E-state index is 11.3. The van der Waals surface area contributed by atoms with Crippen molar-refractivity contribution in [1.29, 1.82) is 0 Å². The Morgan fingerprint density at radius 1 is 0.442 bits per heavy atom. The second kappa shape index (κ2) is 10.3. The van der Waals surface area contributed by atoms with Crippen LogP contribution in [0.4, 0.5) is 0 Å². The summed E-state index contributed by atoms with van der Waals surface area (Å²) in [5.41, 5.74) is 10.9. The summed E-state index contributed by atoms with van der Waals surface area (Å²) < 4.78 is 0. The number of hydrogen-bond acceptors (Lipinski definition) is 2. The molecule has 2 nitrogen and oxygen atoms in total. The molecule has 43 heavy (non-hydrogen) atoms. The van der Waals surface area contributed by atoms with Gasteiger partial charge in [0.25, 0.3) is 0 Å². The first kappa shape index (κ1) is 27.3. The topological polar surface area (TPSA) is 40.5 Å². The van der Waals surface area contributed by atoms with Gasteiger partial charge in [-0.3, -0.25) is 0 Å². The van der Waals surface area contributed by atoms with E-state index in [1.54, 1.807) is 0 Å². The van der Waals surface area contributed by atoms with Crippen LogP contribution in [-0.4, -0.2) is 10.2 Å². The molecule has 6 aromatic rings. The zero-order valence-electron chi connectivity index (χ0n) is 25.5. The number of fused-ring (bicyclic) bond motifs is 5. The van der Waals surface area contributed by atoms with Gasteiger partial charge in [-0.05, 0) is 104 Å². The summed E-state index contributed by atoms with van der Waals surface area (Å²) in [6.07, 6.45) is 3.03. The van der Waals surface area contributed by atoms with Gasteiger partial charge in [-0.25, -0.2) is 0 Å². The Morgan fingerprint density at radius 2 is 0.837 bits per heavy atom. The third kappa shape index (κ3) is 3.65. The van der Waals surface area contributed by atoms with Gasteiger partial charge in [0.2, 0.25) is 0 Å². The summed E-state index contributed by atoms with van der Waals surface area (Å²) in [5, 5.41) is 27.2. The number of aryl methyl sites for hydroxylation is 4. The first-order valence-electron chi connectivity index (χ1n) is 15.7. The largest absolute Gasteiger partial charge is 0.507 e. The molecule has 1 aliphatic rings. The van der Waals surface area contributed by atoms with Crippen molar-refractivity contribution in [3.05, 3.63) is 142 Å². The first-order chi connectivity index (χ1) is 21.0. The van der Waals surface area contributed by atoms with E-state index in [0.717, 1.165) is 58.7 Å². The minimum absolute atomic E-state index is 0.428. The molecule has 7 rings (SSSR count). The summed E-state index contributed by atoms with van der Waals surface area (Å²) in [6, 6.07) is 35.5. The zero-order chi connectivity index (χ0) is 29.9. The molecule has 0 unspecified atom stereocenters. The summed E-state index contributed by atoms with van der Waals surface area (Å²) in [7, 11) is 0. The van der Waals surface area contributed by atoms with Gasteiger partial charge in [-0.15, -0.1) is 0 Å². The number of rotatable bonds is 6. The van der Waals surface area contributed by atoms with Crippen molar-refractivity contribution < 1.29 is 10.2 Å². The SMILES string of the molecule is CCc1cc2c(C3(c4cccc5c(CC)c(O)c(CC)cc45)c4ccccc4-c4ccccc43)cccc2c(CC)c1O. The fourth-order valence-corrected chi connectivity index (χ4v) is 7.96. The van der Waals surface area contributed by atoms with Crippen molar-refractivity contribution in [2.75, 3.05) is 0 Å². The molecule has 1 aliphatic carbocycles. The van der Waals surface area contributed by atoms with Gasteiger partial charge < -0.3 is 10.2 Å². The predicted molar refractivity (Wildman–Crippen MR) is 180 cm³/mol. The summed E-state index contributed by atoms with van der Waals surface area (Å²) in [4.78, 5) is 0. The fraction of sp³-hybridized carbons (Fsp3) is 0.220. The highest BCUT2D eigenvalue weighted by Crippen LogP contribution is 2.59. The van der Waals surface area contributed by atoms with E-state index in [9.17, 15) is 10.2 Å². The van der Waals surface area contributed by atoms with Crippen LogP contribution in [0.1, 0.15) is 72.2 Å². The van der Waals surface area contributed by atoms with Crippen LogP contribution in [-0.2, 0) is 31.1 Å². The molecule has 6 aromatic carbocycles. The van der Waals surface area contributed by atoms with Gasteiger partial charge in [0.1, 0.15) is 11.5 Å². The van der Waals surface area contributed by atoms with Gasteiger partial charge in [-0.2, -0.15) is 0 Å². The lowest BCUT2D eigenvalue weighted by Crippen LogP contribution is -2.29. The normalized spacial score (nSPS) is 13.4. The smallest absolute Gasteiger partial charge is 0.122 e. The predicted octanol–water partition coefficient (Wildman–Crippen LogP) is 10.0. The molecule has 2 heteroatoms. The monoisotopic (exact) mass is 562 g/mol. The molecule has 0 fully saturated rings. The highest BCUT2D eigenvalue weighted by molar-refractivity contribution is 6.01. The van der Waals surface area contributed by atoms with Gasteiger partial charge in [-0.1, -0.05) is 113 Å². The van der Waals surface area contributed by atoms with E-state index in [1.807, 2.05) is 0 Å². The molecule has 0 atom stereocenters. The fourth-order valence-electron chi connectivity index (χ4n) is 7.96. The van der Waals surface area contributed by atoms with E-state index in [1.165, 1.54) is 44.2 Å². The molecular weight excluding hydrogens is 524 g/mol. The highest BCUT2D eigenvalue weighted by atomic mass is 16.3. The van der Waals surface area contributed by atoms with E-state index in [4.69, 9.17) is 0 Å². The van der Waals surface area contributed by atoms with E-state index in [0.29, 0.717) is 11.5 Å². The lowest BCUT2D eigenvalue weighted by Gasteiger charge is -2.36. The van der Waals surface area contributed by atoms with Gasteiger partial charge in [0.05, 0.1) is 5.41 Å². The Balaban J connectivity index is 1.75. The third-order valence-corrected chi connectivity index (χ3v) is 9.91. The second-order valence-electron chi connectivity index (χ2n) is 11.8. The maximum Gasteiger partial charge on any atom is 0.122 e. The molecule has 0 bridgehead atoms. The molecule has 0 aromatic heterocycles. The zero-order valence-corrected chi connectivity index (χ0v) is 25.5. The second-order valence-corrected chi connectivity index (χ2v) is 11.8. The van der Waals surface area contributed by atoms with Gasteiger partial charge in [0, 0.05) is 11.1 Å². The van der Waals surface area contributed by atoms with Crippen LogP contribution in [0.5, 0.6) is 11.5 Å². The number of phenolic OH excluding ortho intramolecular Hbond substituents is 2. The Labute approximate surface area is 254 Å². The quantitative estimate of drug-likeness (QED) is 0.212. The molecule has 0 aliphatic heterocycles. The molecule has 0 saturated carbocycles. The van der Waals surface area contributed by atoms with Crippen molar-refractivity contribution >= 4 is 21.5 Å². The van der Waals surface area contributed by atoms with E-state index in [2.05, 4.69) is 125 Å². The van der Waals surface area contributed by atoms with Crippen molar-refractivity contribution in [2.45, 2.75) is 58.8 Å². The number of benzene rings is 6. The van der Waals surface area contributed by atoms with E-state index >= 15 is 0 Å². The molecule has 0 spiro atoms. The maximum atomic E-state index is 11.3. The minimum atomic E-state index is -0.605. The number of phenols is 2. The Morgan fingerprint density at radius 3 is 1.23 bits per heavy atom. The van der Waals surface area contributed by atoms with Crippen molar-refractivity contribution in [1.82, 2.24) is 0 Å². The Hall–Kier alpha value is -4.56. The average Bonchev–Trinajstić information content (AvgIpc) is 3.34. The Bertz CT molecular complexity index is 1900. The van der Waals surface area contributed by atoms with Gasteiger partial charge in [0.15, 0.2) is 0 Å². The van der Waals surface area contributed by atoms with E-state index in [-0.39, 0.29) is 0 Å². The minimum Gasteiger partial charge on any atom is -0.507 e. The lowest BCUT2D eigenvalue weighted by atomic mass is 9.65. The lowest BCUT2D eigenvalue weighted by molar-refractivity contribution is 0.463. The summed E-state index contributed by atoms with van der Waals surface area (Å²) >= 11 is 0. The van der Waals surface area contributed by atoms with Crippen LogP contribution in [0.3, 0.4) is 0 Å². The highest BCUT2D eigenvalue weighted by Gasteiger charge is 2.47. The average molecular weight is 563 g/mol. The third-order valence-electron chi connectivity index (χ3n) is 9.91. The molecule has 0 heterocycles. The van der Waals surface area contributed by atoms with Crippen molar-refractivity contribution in [3.63, 3.8) is 0 Å². The molecule has 0 amide bonds. The van der Waals surface area contributed by atoms with E-state index < -0.39 is 5.41 Å². The van der Waals surface area contributed by atoms with Crippen LogP contribution in [0.15, 0.2) is 97.1 Å². The summed E-state index contributed by atoms with van der Waals surface area (Å²) in [5.74, 6) is 0.855. The molecule has 0 saturated heterocycles. The standard InChI is InChI=1S/C41H38O2/c1-5-25-23-33-29(27(7-3)39(25)42)17-13-21-37(33)41(35-19-11-9-15-31(35)32-16-10-12-20-36(32)41)38-22-14-18-30-28(8-4)40(43)26(6-2)24-34(30)38/h9-24,42-43H,5-8H2,1-4H3. The van der Waals surface area contributed by atoms with Crippen molar-refractivity contribution in [2.24, 2.45) is 0 Å². The van der Waals surface area contributed by atoms with Crippen LogP contribution < -0.4 is 0 Å². The van der Waals surface area contributed by atoms with Gasteiger partial charge >= 0.3 is 0 Å². The van der Waals surface area contributed by atoms with Crippen molar-refractivity contribution in [3.8, 4) is 22.6 Å². The first-order valence-corrected chi connectivity index (χ1v) is 15.7. The Kier molecular flexibility index (Phi) is 6.54. The van der Waals surface area contributed by atoms with Crippen LogP contribution in [0.25, 0.3) is 32.7 Å². The van der Waals surface area contributed by atoms with Crippen LogP contribution in [0.2, 0.25) is 0 Å². The molecular formula is C41H38O2. The molecule has 0 radical (unpaired) electrons. The van der Waals surface area contributed by atoms with Crippen LogP contribution >= 0.6 is 0 Å². The summed E-state index contributed by atoms with van der Waals surface area (Å²) in [6.45, 7) is 8.50. The molecule has 214 valence electrons. The number of aromatic hydroxyl groups is 2.